The van der Waals surface area contributed by atoms with Crippen LogP contribution in [0.25, 0.3) is 21.7 Å². The van der Waals surface area contributed by atoms with Crippen molar-refractivity contribution in [1.29, 1.82) is 0 Å². The lowest BCUT2D eigenvalue weighted by atomic mass is 9.95. The lowest BCUT2D eigenvalue weighted by Gasteiger charge is -2.19. The molecule has 0 spiro atoms. The Morgan fingerprint density at radius 3 is 2.63 bits per heavy atom. The third-order valence-electron chi connectivity index (χ3n) is 7.28. The number of aromatic amines is 1. The van der Waals surface area contributed by atoms with Gasteiger partial charge in [-0.3, -0.25) is 19.4 Å². The van der Waals surface area contributed by atoms with Crippen molar-refractivity contribution in [2.75, 3.05) is 22.6 Å². The second-order valence-corrected chi connectivity index (χ2v) is 11.5. The molecule has 2 atom stereocenters. The van der Waals surface area contributed by atoms with Crippen LogP contribution in [-0.4, -0.2) is 45.1 Å². The molecule has 12 heteroatoms. The fourth-order valence-electron chi connectivity index (χ4n) is 5.41. The predicted molar refractivity (Wildman–Crippen MR) is 159 cm³/mol. The zero-order valence-corrected chi connectivity index (χ0v) is 23.2. The largest absolute Gasteiger partial charge is 0.524 e. The van der Waals surface area contributed by atoms with E-state index in [1.807, 2.05) is 12.1 Å². The van der Waals surface area contributed by atoms with Crippen LogP contribution >= 0.6 is 19.4 Å². The summed E-state index contributed by atoms with van der Waals surface area (Å²) in [5, 5.41) is 4.82. The van der Waals surface area contributed by atoms with E-state index in [-0.39, 0.29) is 41.9 Å². The minimum Gasteiger partial charge on any atom is -0.404 e. The minimum absolute atomic E-state index is 0.0253. The molecule has 4 aromatic rings. The summed E-state index contributed by atoms with van der Waals surface area (Å²) < 4.78 is 16.8. The van der Waals surface area contributed by atoms with E-state index < -0.39 is 7.82 Å². The number of halogens is 1. The molecule has 0 saturated heterocycles. The highest BCUT2D eigenvalue weighted by Gasteiger charge is 2.36. The number of H-pyrrole nitrogens is 1. The first-order valence-corrected chi connectivity index (χ1v) is 14.9. The summed E-state index contributed by atoms with van der Waals surface area (Å²) in [6.45, 7) is 0.282. The van der Waals surface area contributed by atoms with Crippen LogP contribution in [0.2, 0.25) is 0 Å². The molecule has 10 nitrogen and oxygen atoms in total. The lowest BCUT2D eigenvalue weighted by molar-refractivity contribution is -0.112. The van der Waals surface area contributed by atoms with Crippen molar-refractivity contribution in [2.24, 2.45) is 5.73 Å². The van der Waals surface area contributed by atoms with Crippen molar-refractivity contribution in [3.05, 3.63) is 89.7 Å². The van der Waals surface area contributed by atoms with E-state index in [4.69, 9.17) is 21.9 Å². The number of nitrogens with two attached hydrogens (primary N) is 1. The molecule has 0 bridgehead atoms. The topological polar surface area (TPSA) is 158 Å². The molecule has 2 amide bonds. The van der Waals surface area contributed by atoms with Crippen LogP contribution in [-0.2, 0) is 9.36 Å². The third kappa shape index (κ3) is 5.28. The standard InChI is InChI=1S/C29H26ClN4O6P/c30-14-18-15-34(25-13-26(40-41(37,38)39)21-3-1-2-4-22(21)27(18)25)29(36)24-12-17-11-20(9-10-23(17)33-24)32-28(35)16-5-7-19(31)8-6-16/h1-7,9-13,18-19,33H,8,14-15,31H2,(H,32,35)(H2,37,38,39)/t18-,19?/m1/s1. The Labute approximate surface area is 239 Å². The van der Waals surface area contributed by atoms with Crippen molar-refractivity contribution in [3.63, 3.8) is 0 Å². The highest BCUT2D eigenvalue weighted by molar-refractivity contribution is 7.46. The molecule has 0 radical (unpaired) electrons. The molecular weight excluding hydrogens is 567 g/mol. The quantitative estimate of drug-likeness (QED) is 0.157. The molecule has 1 aromatic heterocycles. The number of alkyl halides is 1. The highest BCUT2D eigenvalue weighted by atomic mass is 35.5. The number of amides is 2. The van der Waals surface area contributed by atoms with Crippen LogP contribution in [0, 0.1) is 0 Å². The highest BCUT2D eigenvalue weighted by Crippen LogP contribution is 2.49. The summed E-state index contributed by atoms with van der Waals surface area (Å²) >= 11 is 6.33. The van der Waals surface area contributed by atoms with E-state index in [2.05, 4.69) is 10.3 Å². The smallest absolute Gasteiger partial charge is 0.404 e. The normalized spacial score (nSPS) is 18.4. The fourth-order valence-corrected chi connectivity index (χ4v) is 6.07. The van der Waals surface area contributed by atoms with E-state index in [0.717, 1.165) is 10.9 Å². The van der Waals surface area contributed by atoms with Gasteiger partial charge in [-0.15, -0.1) is 11.6 Å². The van der Waals surface area contributed by atoms with Gasteiger partial charge in [0, 0.05) is 58.0 Å². The molecule has 1 aliphatic heterocycles. The molecule has 41 heavy (non-hydrogen) atoms. The first kappa shape index (κ1) is 27.3. The second-order valence-electron chi connectivity index (χ2n) is 10.1. The molecule has 2 heterocycles. The Morgan fingerprint density at radius 1 is 1.15 bits per heavy atom. The zero-order chi connectivity index (χ0) is 28.9. The average molecular weight is 593 g/mol. The van der Waals surface area contributed by atoms with Crippen molar-refractivity contribution >= 4 is 64.3 Å². The van der Waals surface area contributed by atoms with Crippen LogP contribution in [0.5, 0.6) is 5.75 Å². The summed E-state index contributed by atoms with van der Waals surface area (Å²) in [4.78, 5) is 50.2. The van der Waals surface area contributed by atoms with Gasteiger partial charge in [-0.25, -0.2) is 4.57 Å². The maximum atomic E-state index is 13.8. The van der Waals surface area contributed by atoms with Crippen LogP contribution in [0.1, 0.15) is 28.4 Å². The molecule has 1 aliphatic carbocycles. The third-order valence-corrected chi connectivity index (χ3v) is 8.09. The number of phosphoric ester groups is 1. The van der Waals surface area contributed by atoms with Gasteiger partial charge in [-0.2, -0.15) is 0 Å². The van der Waals surface area contributed by atoms with Gasteiger partial charge in [0.05, 0.1) is 5.69 Å². The molecule has 6 rings (SSSR count). The van der Waals surface area contributed by atoms with Gasteiger partial charge in [0.1, 0.15) is 11.4 Å². The first-order valence-electron chi connectivity index (χ1n) is 12.9. The van der Waals surface area contributed by atoms with Crippen LogP contribution in [0.15, 0.2) is 78.4 Å². The van der Waals surface area contributed by atoms with Crippen molar-refractivity contribution in [2.45, 2.75) is 18.4 Å². The number of nitrogens with zero attached hydrogens (tertiary/aromatic N) is 1. The van der Waals surface area contributed by atoms with Crippen molar-refractivity contribution in [1.82, 2.24) is 4.98 Å². The molecule has 2 aliphatic rings. The Balaban J connectivity index is 1.33. The molecule has 0 saturated carbocycles. The number of nitrogens with one attached hydrogen (secondary N) is 2. The molecular formula is C29H26ClN4O6P. The fraction of sp³-hybridized carbons (Fsp3) is 0.172. The van der Waals surface area contributed by atoms with Crippen molar-refractivity contribution < 1.29 is 28.5 Å². The molecule has 0 fully saturated rings. The number of hydrogen-bond donors (Lipinski definition) is 5. The first-order chi connectivity index (χ1) is 19.6. The van der Waals surface area contributed by atoms with E-state index in [1.54, 1.807) is 59.5 Å². The number of anilines is 2. The van der Waals surface area contributed by atoms with E-state index in [1.165, 1.54) is 6.07 Å². The monoisotopic (exact) mass is 592 g/mol. The van der Waals surface area contributed by atoms with Gasteiger partial charge >= 0.3 is 7.82 Å². The zero-order valence-electron chi connectivity index (χ0n) is 21.6. The Bertz CT molecular complexity index is 1830. The number of phosphoric acid groups is 1. The van der Waals surface area contributed by atoms with Gasteiger partial charge in [-0.05, 0) is 41.6 Å². The Morgan fingerprint density at radius 2 is 1.93 bits per heavy atom. The van der Waals surface area contributed by atoms with Gasteiger partial charge in [0.15, 0.2) is 0 Å². The Kier molecular flexibility index (Phi) is 6.97. The van der Waals surface area contributed by atoms with Gasteiger partial charge in [-0.1, -0.05) is 42.5 Å². The number of carbonyl (C=O) groups excluding carboxylic acids is 2. The summed E-state index contributed by atoms with van der Waals surface area (Å²) in [6.07, 6.45) is 5.88. The average Bonchev–Trinajstić information content (AvgIpc) is 3.53. The van der Waals surface area contributed by atoms with Crippen molar-refractivity contribution in [3.8, 4) is 5.75 Å². The summed E-state index contributed by atoms with van der Waals surface area (Å²) in [7, 11) is -4.87. The Hall–Kier alpha value is -3.92. The van der Waals surface area contributed by atoms with Crippen LogP contribution in [0.4, 0.5) is 11.4 Å². The number of hydrogen-bond acceptors (Lipinski definition) is 5. The number of fused-ring (bicyclic) bond motifs is 4. The van der Waals surface area contributed by atoms with Crippen LogP contribution in [0.3, 0.4) is 0 Å². The molecule has 210 valence electrons. The van der Waals surface area contributed by atoms with E-state index in [9.17, 15) is 23.9 Å². The molecule has 1 unspecified atom stereocenters. The van der Waals surface area contributed by atoms with E-state index in [0.29, 0.717) is 45.4 Å². The SMILES string of the molecule is NC1C=CC(C(=O)Nc2ccc3[nH]c(C(=O)N4C[C@@H](CCl)c5c4cc(OP(=O)(O)O)c4ccccc54)cc3c2)=CC1. The summed E-state index contributed by atoms with van der Waals surface area (Å²) in [6, 6.07) is 15.5. The maximum absolute atomic E-state index is 13.8. The van der Waals surface area contributed by atoms with Crippen LogP contribution < -0.4 is 20.5 Å². The number of aromatic nitrogens is 1. The van der Waals surface area contributed by atoms with E-state index >= 15 is 0 Å². The summed E-state index contributed by atoms with van der Waals surface area (Å²) in [5.74, 6) is -0.573. The number of benzene rings is 3. The molecule has 6 N–H and O–H groups in total. The minimum atomic E-state index is -4.87. The number of rotatable bonds is 6. The number of carbonyl (C=O) groups is 2. The van der Waals surface area contributed by atoms with Gasteiger partial charge < -0.3 is 25.5 Å². The van der Waals surface area contributed by atoms with Gasteiger partial charge in [0.25, 0.3) is 11.8 Å². The maximum Gasteiger partial charge on any atom is 0.524 e. The lowest BCUT2D eigenvalue weighted by Crippen LogP contribution is -2.30. The van der Waals surface area contributed by atoms with Gasteiger partial charge in [0.2, 0.25) is 0 Å². The molecule has 3 aromatic carbocycles. The predicted octanol–water partition coefficient (Wildman–Crippen LogP) is 4.93. The second kappa shape index (κ2) is 10.5. The summed E-state index contributed by atoms with van der Waals surface area (Å²) in [5.41, 5.74) is 9.25.